The molecule has 0 aliphatic carbocycles. The van der Waals surface area contributed by atoms with Crippen LogP contribution in [0.1, 0.15) is 56.7 Å². The van der Waals surface area contributed by atoms with Crippen molar-refractivity contribution in [1.29, 1.82) is 0 Å². The number of amides is 1. The SMILES string of the molecule is CC(=O)c1cc(C(=O)N2CCC[C@H](C(=O)c3ccc(C(F)(F)F)cc3)C2)[nH]n1. The number of nitrogens with one attached hydrogen (secondary N) is 1. The summed E-state index contributed by atoms with van der Waals surface area (Å²) in [5.74, 6) is -1.43. The summed E-state index contributed by atoms with van der Waals surface area (Å²) in [6.07, 6.45) is -3.32. The van der Waals surface area contributed by atoms with Gasteiger partial charge in [-0.3, -0.25) is 19.5 Å². The normalized spacial score (nSPS) is 17.4. The molecule has 28 heavy (non-hydrogen) atoms. The van der Waals surface area contributed by atoms with Crippen molar-refractivity contribution in [2.75, 3.05) is 13.1 Å². The van der Waals surface area contributed by atoms with E-state index in [0.29, 0.717) is 19.4 Å². The number of aromatic amines is 1. The first-order valence-corrected chi connectivity index (χ1v) is 8.74. The number of ketones is 2. The number of hydrogen-bond acceptors (Lipinski definition) is 4. The Balaban J connectivity index is 1.70. The fraction of sp³-hybridized carbons (Fsp3) is 0.368. The lowest BCUT2D eigenvalue weighted by Crippen LogP contribution is -2.42. The molecule has 2 aromatic rings. The molecule has 1 aliphatic rings. The Labute approximate surface area is 158 Å². The predicted octanol–water partition coefficient (Wildman–Crippen LogP) is 3.37. The molecule has 1 aromatic carbocycles. The summed E-state index contributed by atoms with van der Waals surface area (Å²) in [5, 5.41) is 6.31. The zero-order valence-electron chi connectivity index (χ0n) is 15.0. The minimum atomic E-state index is -4.46. The largest absolute Gasteiger partial charge is 0.416 e. The average molecular weight is 393 g/mol. The molecule has 6 nitrogen and oxygen atoms in total. The Morgan fingerprint density at radius 1 is 1.18 bits per heavy atom. The van der Waals surface area contributed by atoms with Gasteiger partial charge in [0.05, 0.1) is 5.56 Å². The van der Waals surface area contributed by atoms with E-state index in [1.54, 1.807) is 0 Å². The van der Waals surface area contributed by atoms with E-state index in [2.05, 4.69) is 10.2 Å². The number of carbonyl (C=O) groups is 3. The van der Waals surface area contributed by atoms with Crippen LogP contribution in [0, 0.1) is 5.92 Å². The maximum absolute atomic E-state index is 12.7. The van der Waals surface area contributed by atoms with Gasteiger partial charge in [-0.05, 0) is 31.0 Å². The molecule has 0 spiro atoms. The molecule has 148 valence electrons. The number of piperidine rings is 1. The topological polar surface area (TPSA) is 83.1 Å². The van der Waals surface area contributed by atoms with Crippen molar-refractivity contribution < 1.29 is 27.6 Å². The minimum absolute atomic E-state index is 0.151. The van der Waals surface area contributed by atoms with E-state index in [0.717, 1.165) is 12.1 Å². The summed E-state index contributed by atoms with van der Waals surface area (Å²) >= 11 is 0. The summed E-state index contributed by atoms with van der Waals surface area (Å²) < 4.78 is 38.0. The van der Waals surface area contributed by atoms with Gasteiger partial charge in [0.2, 0.25) is 0 Å². The van der Waals surface area contributed by atoms with Crippen LogP contribution in [0.4, 0.5) is 13.2 Å². The zero-order valence-corrected chi connectivity index (χ0v) is 15.0. The standard InChI is InChI=1S/C19H18F3N3O3/c1-11(26)15-9-16(24-23-15)18(28)25-8-2-3-13(10-25)17(27)12-4-6-14(7-5-12)19(20,21)22/h4-7,9,13H,2-3,8,10H2,1H3,(H,23,24)/t13-/m0/s1. The Kier molecular flexibility index (Phi) is 5.35. The molecule has 9 heteroatoms. The summed E-state index contributed by atoms with van der Waals surface area (Å²) in [5.41, 5.74) is -0.316. The van der Waals surface area contributed by atoms with Crippen molar-refractivity contribution in [2.45, 2.75) is 25.9 Å². The van der Waals surface area contributed by atoms with E-state index in [-0.39, 0.29) is 41.0 Å². The predicted molar refractivity (Wildman–Crippen MR) is 93.0 cm³/mol. The molecule has 2 heterocycles. The number of hydrogen-bond donors (Lipinski definition) is 1. The first-order chi connectivity index (χ1) is 13.2. The van der Waals surface area contributed by atoms with Crippen molar-refractivity contribution in [3.05, 3.63) is 52.8 Å². The summed E-state index contributed by atoms with van der Waals surface area (Å²) in [6.45, 7) is 1.95. The number of nitrogens with zero attached hydrogens (tertiary/aromatic N) is 2. The third-order valence-corrected chi connectivity index (χ3v) is 4.75. The summed E-state index contributed by atoms with van der Waals surface area (Å²) in [4.78, 5) is 38.1. The minimum Gasteiger partial charge on any atom is -0.337 e. The molecule has 1 saturated heterocycles. The van der Waals surface area contributed by atoms with E-state index in [4.69, 9.17) is 0 Å². The number of alkyl halides is 3. The first-order valence-electron chi connectivity index (χ1n) is 8.74. The average Bonchev–Trinajstić information content (AvgIpc) is 3.17. The van der Waals surface area contributed by atoms with Gasteiger partial charge in [0.25, 0.3) is 5.91 Å². The molecular weight excluding hydrogens is 375 g/mol. The third kappa shape index (κ3) is 4.13. The number of Topliss-reactive ketones (excluding diaryl/α,β-unsaturated/α-hetero) is 2. The van der Waals surface area contributed by atoms with Crippen LogP contribution in [-0.4, -0.2) is 45.7 Å². The zero-order chi connectivity index (χ0) is 20.5. The summed E-state index contributed by atoms with van der Waals surface area (Å²) in [7, 11) is 0. The van der Waals surface area contributed by atoms with Gasteiger partial charge < -0.3 is 4.90 Å². The third-order valence-electron chi connectivity index (χ3n) is 4.75. The molecule has 1 atom stereocenters. The number of rotatable bonds is 4. The number of carbonyl (C=O) groups excluding carboxylic acids is 3. The van der Waals surface area contributed by atoms with E-state index < -0.39 is 17.7 Å². The summed E-state index contributed by atoms with van der Waals surface area (Å²) in [6, 6.07) is 5.46. The van der Waals surface area contributed by atoms with Crippen LogP contribution in [-0.2, 0) is 6.18 Å². The number of benzene rings is 1. The van der Waals surface area contributed by atoms with Crippen LogP contribution >= 0.6 is 0 Å². The molecule has 0 bridgehead atoms. The Morgan fingerprint density at radius 3 is 2.43 bits per heavy atom. The van der Waals surface area contributed by atoms with Crippen LogP contribution < -0.4 is 0 Å². The Hall–Kier alpha value is -2.97. The van der Waals surface area contributed by atoms with E-state index in [9.17, 15) is 27.6 Å². The molecule has 1 fully saturated rings. The highest BCUT2D eigenvalue weighted by Crippen LogP contribution is 2.30. The molecule has 1 N–H and O–H groups in total. The van der Waals surface area contributed by atoms with Gasteiger partial charge >= 0.3 is 6.18 Å². The second kappa shape index (κ2) is 7.57. The van der Waals surface area contributed by atoms with Crippen molar-refractivity contribution in [2.24, 2.45) is 5.92 Å². The highest BCUT2D eigenvalue weighted by molar-refractivity contribution is 6.00. The van der Waals surface area contributed by atoms with Crippen LogP contribution in [0.2, 0.25) is 0 Å². The highest BCUT2D eigenvalue weighted by Gasteiger charge is 2.32. The highest BCUT2D eigenvalue weighted by atomic mass is 19.4. The van der Waals surface area contributed by atoms with Gasteiger partial charge in [0, 0.05) is 31.5 Å². The molecule has 0 unspecified atom stereocenters. The van der Waals surface area contributed by atoms with Gasteiger partial charge in [0.15, 0.2) is 11.6 Å². The Bertz CT molecular complexity index is 903. The number of halogens is 3. The number of H-pyrrole nitrogens is 1. The smallest absolute Gasteiger partial charge is 0.337 e. The Morgan fingerprint density at radius 2 is 1.86 bits per heavy atom. The van der Waals surface area contributed by atoms with Crippen LogP contribution in [0.5, 0.6) is 0 Å². The number of likely N-dealkylation sites (tertiary alicyclic amines) is 1. The lowest BCUT2D eigenvalue weighted by Gasteiger charge is -2.31. The van der Waals surface area contributed by atoms with Crippen molar-refractivity contribution in [3.63, 3.8) is 0 Å². The monoisotopic (exact) mass is 393 g/mol. The fourth-order valence-electron chi connectivity index (χ4n) is 3.22. The molecular formula is C19H18F3N3O3. The van der Waals surface area contributed by atoms with Gasteiger partial charge in [0.1, 0.15) is 11.4 Å². The van der Waals surface area contributed by atoms with Gasteiger partial charge in [-0.2, -0.15) is 18.3 Å². The molecule has 1 amide bonds. The maximum atomic E-state index is 12.7. The fourth-order valence-corrected chi connectivity index (χ4v) is 3.22. The molecule has 1 aliphatic heterocycles. The van der Waals surface area contributed by atoms with Gasteiger partial charge in [-0.15, -0.1) is 0 Å². The van der Waals surface area contributed by atoms with E-state index >= 15 is 0 Å². The number of aromatic nitrogens is 2. The molecule has 1 aromatic heterocycles. The second-order valence-electron chi connectivity index (χ2n) is 6.75. The van der Waals surface area contributed by atoms with Crippen LogP contribution in [0.15, 0.2) is 30.3 Å². The first kappa shape index (κ1) is 19.8. The van der Waals surface area contributed by atoms with Crippen molar-refractivity contribution in [1.82, 2.24) is 15.1 Å². The second-order valence-corrected chi connectivity index (χ2v) is 6.75. The van der Waals surface area contributed by atoms with Crippen molar-refractivity contribution >= 4 is 17.5 Å². The van der Waals surface area contributed by atoms with Crippen molar-refractivity contribution in [3.8, 4) is 0 Å². The molecule has 3 rings (SSSR count). The molecule has 0 radical (unpaired) electrons. The molecule has 0 saturated carbocycles. The lowest BCUT2D eigenvalue weighted by atomic mass is 9.89. The van der Waals surface area contributed by atoms with Gasteiger partial charge in [-0.25, -0.2) is 0 Å². The van der Waals surface area contributed by atoms with E-state index in [1.165, 1.54) is 30.0 Å². The lowest BCUT2D eigenvalue weighted by molar-refractivity contribution is -0.137. The quantitative estimate of drug-likeness (QED) is 0.808. The van der Waals surface area contributed by atoms with Crippen LogP contribution in [0.25, 0.3) is 0 Å². The van der Waals surface area contributed by atoms with Crippen LogP contribution in [0.3, 0.4) is 0 Å². The van der Waals surface area contributed by atoms with E-state index in [1.807, 2.05) is 0 Å². The maximum Gasteiger partial charge on any atom is 0.416 e. The van der Waals surface area contributed by atoms with Gasteiger partial charge in [-0.1, -0.05) is 12.1 Å².